The number of ether oxygens (including phenoxy) is 8. The first-order valence-electron chi connectivity index (χ1n) is 23.4. The van der Waals surface area contributed by atoms with E-state index >= 15 is 0 Å². The Bertz CT molecular complexity index is 1610. The largest absolute Gasteiger partial charge is 0.394 e. The quantitative estimate of drug-likeness (QED) is 0.148. The van der Waals surface area contributed by atoms with Crippen molar-refractivity contribution < 1.29 is 83.9 Å². The summed E-state index contributed by atoms with van der Waals surface area (Å²) < 4.78 is 49.9. The van der Waals surface area contributed by atoms with Gasteiger partial charge in [-0.25, -0.2) is 0 Å². The number of rotatable bonds is 8. The fourth-order valence-corrected chi connectivity index (χ4v) is 14.0. The molecule has 5 aliphatic heterocycles. The highest BCUT2D eigenvalue weighted by molar-refractivity contribution is 5.26. The van der Waals surface area contributed by atoms with Gasteiger partial charge in [-0.15, -0.1) is 0 Å². The van der Waals surface area contributed by atoms with Crippen LogP contribution >= 0.6 is 0 Å². The van der Waals surface area contributed by atoms with Crippen LogP contribution in [0.3, 0.4) is 0 Å². The van der Waals surface area contributed by atoms with Crippen molar-refractivity contribution >= 4 is 0 Å². The molecule has 62 heavy (non-hydrogen) atoms. The minimum atomic E-state index is -1.82. The van der Waals surface area contributed by atoms with Crippen LogP contribution in [0.25, 0.3) is 0 Å². The Morgan fingerprint density at radius 2 is 1.35 bits per heavy atom. The van der Waals surface area contributed by atoms with Crippen molar-refractivity contribution in [3.8, 4) is 0 Å². The van der Waals surface area contributed by atoms with Gasteiger partial charge in [0.25, 0.3) is 0 Å². The van der Waals surface area contributed by atoms with Crippen molar-refractivity contribution in [3.05, 3.63) is 11.6 Å². The van der Waals surface area contributed by atoms with E-state index in [-0.39, 0.29) is 23.0 Å². The van der Waals surface area contributed by atoms with Crippen LogP contribution in [0.5, 0.6) is 0 Å². The summed E-state index contributed by atoms with van der Waals surface area (Å²) in [6.07, 6.45) is -12.0. The molecule has 0 unspecified atom stereocenters. The van der Waals surface area contributed by atoms with E-state index in [1.54, 1.807) is 0 Å². The van der Waals surface area contributed by atoms with Crippen molar-refractivity contribution in [2.45, 2.75) is 203 Å². The minimum Gasteiger partial charge on any atom is -0.394 e. The van der Waals surface area contributed by atoms with E-state index in [9.17, 15) is 46.0 Å². The van der Waals surface area contributed by atoms with Crippen molar-refractivity contribution in [2.75, 3.05) is 19.8 Å². The molecule has 0 radical (unpaired) electrons. The van der Waals surface area contributed by atoms with Gasteiger partial charge in [-0.2, -0.15) is 0 Å². The van der Waals surface area contributed by atoms with Gasteiger partial charge in [-0.3, -0.25) is 0 Å². The Kier molecular flexibility index (Phi) is 12.9. The number of allylic oxidation sites excluding steroid dienone is 1. The van der Waals surface area contributed by atoms with E-state index < -0.39 is 111 Å². The van der Waals surface area contributed by atoms with Crippen molar-refractivity contribution in [1.82, 2.24) is 0 Å². The lowest BCUT2D eigenvalue weighted by atomic mass is 9.47. The van der Waals surface area contributed by atoms with Crippen LogP contribution in [0.15, 0.2) is 11.6 Å². The summed E-state index contributed by atoms with van der Waals surface area (Å²) in [5.41, 5.74) is 1.48. The minimum absolute atomic E-state index is 0.0356. The molecule has 9 N–H and O–H groups in total. The predicted molar refractivity (Wildman–Crippen MR) is 214 cm³/mol. The molecular formula is C45H72O17. The third-order valence-electron chi connectivity index (χ3n) is 17.7. The molecule has 0 amide bonds. The Morgan fingerprint density at radius 1 is 0.677 bits per heavy atom. The number of aliphatic hydroxyl groups excluding tert-OH is 9. The molecule has 0 bridgehead atoms. The predicted octanol–water partition coefficient (Wildman–Crippen LogP) is 0.214. The highest BCUT2D eigenvalue weighted by Gasteiger charge is 2.69. The van der Waals surface area contributed by atoms with Gasteiger partial charge < -0.3 is 83.9 Å². The maximum Gasteiger partial charge on any atom is 0.187 e. The van der Waals surface area contributed by atoms with Crippen LogP contribution in [0.1, 0.15) is 92.4 Å². The van der Waals surface area contributed by atoms with E-state index in [1.165, 1.54) is 12.5 Å². The smallest absolute Gasteiger partial charge is 0.187 e. The molecule has 17 heteroatoms. The Labute approximate surface area is 363 Å². The molecule has 0 aromatic heterocycles. The third kappa shape index (κ3) is 7.49. The first kappa shape index (κ1) is 46.2. The Balaban J connectivity index is 0.917. The maximum atomic E-state index is 12.0. The van der Waals surface area contributed by atoms with Gasteiger partial charge in [0.05, 0.1) is 38.1 Å². The zero-order chi connectivity index (χ0) is 44.2. The Hall–Kier alpha value is -0.940. The van der Waals surface area contributed by atoms with E-state index in [0.29, 0.717) is 48.3 Å². The second-order valence-corrected chi connectivity index (χ2v) is 21.1. The summed E-state index contributed by atoms with van der Waals surface area (Å²) in [7, 11) is 0. The Morgan fingerprint density at radius 3 is 2.05 bits per heavy atom. The normalized spacial score (nSPS) is 57.6. The molecular weight excluding hydrogens is 812 g/mol. The summed E-state index contributed by atoms with van der Waals surface area (Å²) in [6, 6.07) is 0. The molecule has 1 spiro atoms. The lowest BCUT2D eigenvalue weighted by molar-refractivity contribution is -0.389. The maximum absolute atomic E-state index is 12.0. The average molecular weight is 885 g/mol. The lowest BCUT2D eigenvalue weighted by Gasteiger charge is -2.58. The van der Waals surface area contributed by atoms with Crippen molar-refractivity contribution in [3.63, 3.8) is 0 Å². The van der Waals surface area contributed by atoms with E-state index in [1.807, 2.05) is 0 Å². The van der Waals surface area contributed by atoms with Crippen molar-refractivity contribution in [2.24, 2.45) is 46.3 Å². The average Bonchev–Trinajstić information content (AvgIpc) is 3.70. The standard InChI is InChI=1S/C45H72O17/c1-19-8-13-45(55-18-19)20(2)30-27(62-45)15-26-24-7-6-22-14-23(9-11-43(22,4)25(24)10-12-44(26,30)5)57-42-39(61-40-35(52)33(50)31(48)21(3)56-40)37(54)38(29(17-47)59-42)60-41-36(53)34(51)32(49)28(16-46)58-41/h6,19-21,23-42,46-54H,7-18H2,1-5H3/t19-,20+,21+,23+,24-,25+,26+,27+,28-,29-,30+,31+,32-,33-,34+,35-,36-,37+,38-,39-,40+,41+,42-,43-,44-,45+/m1/s1. The topological polar surface area (TPSA) is 256 Å². The second-order valence-electron chi connectivity index (χ2n) is 21.1. The van der Waals surface area contributed by atoms with Crippen LogP contribution in [0.2, 0.25) is 0 Å². The first-order valence-corrected chi connectivity index (χ1v) is 23.4. The zero-order valence-corrected chi connectivity index (χ0v) is 36.6. The van der Waals surface area contributed by atoms with Gasteiger partial charge in [-0.05, 0) is 98.7 Å². The second kappa shape index (κ2) is 17.3. The molecule has 3 saturated carbocycles. The summed E-state index contributed by atoms with van der Waals surface area (Å²) in [5.74, 6) is 2.56. The van der Waals surface area contributed by atoms with Crippen LogP contribution in [0.4, 0.5) is 0 Å². The molecule has 5 heterocycles. The van der Waals surface area contributed by atoms with Crippen LogP contribution in [-0.2, 0) is 37.9 Å². The summed E-state index contributed by atoms with van der Waals surface area (Å²) >= 11 is 0. The third-order valence-corrected chi connectivity index (χ3v) is 17.7. The monoisotopic (exact) mass is 884 g/mol. The molecule has 0 aromatic carbocycles. The van der Waals surface area contributed by atoms with Gasteiger partial charge >= 0.3 is 0 Å². The number of aliphatic hydroxyl groups is 9. The van der Waals surface area contributed by atoms with Gasteiger partial charge in [0, 0.05) is 12.3 Å². The van der Waals surface area contributed by atoms with Gasteiger partial charge in [0.15, 0.2) is 24.7 Å². The van der Waals surface area contributed by atoms with E-state index in [4.69, 9.17) is 37.9 Å². The fourth-order valence-electron chi connectivity index (χ4n) is 14.0. The SMILES string of the molecule is C[C@@H]1CC[C@]2(OC1)O[C@H]1C[C@H]3[C@@H]4CC=C5C[C@@H](O[C@@H]6O[C@H](CO)[C@@H](O[C@@H]7O[C@H](CO)[C@@H](O)[C@H](O)[C@H]7O)[C@H](O)[C@H]6O[C@@H]6O[C@@H](C)[C@H](O)[C@@H](O)[C@H]6O)CC[C@@]5(C)[C@H]4CC[C@@]3(C)[C@H]1[C@@H]2C. The highest BCUT2D eigenvalue weighted by Crippen LogP contribution is 2.70. The van der Waals surface area contributed by atoms with Gasteiger partial charge in [0.2, 0.25) is 0 Å². The van der Waals surface area contributed by atoms with Gasteiger partial charge in [0.1, 0.15) is 67.1 Å². The molecule has 5 saturated heterocycles. The number of hydrogen-bond donors (Lipinski definition) is 9. The lowest BCUT2D eigenvalue weighted by Crippen LogP contribution is -2.67. The molecule has 9 aliphatic rings. The summed E-state index contributed by atoms with van der Waals surface area (Å²) in [4.78, 5) is 0. The van der Waals surface area contributed by atoms with E-state index in [0.717, 1.165) is 51.6 Å². The molecule has 9 rings (SSSR count). The molecule has 354 valence electrons. The number of fused-ring (bicyclic) bond motifs is 7. The molecule has 26 atom stereocenters. The highest BCUT2D eigenvalue weighted by atomic mass is 16.8. The molecule has 0 aromatic rings. The van der Waals surface area contributed by atoms with Crippen LogP contribution < -0.4 is 0 Å². The molecule has 8 fully saturated rings. The molecule has 17 nitrogen and oxygen atoms in total. The fraction of sp³-hybridized carbons (Fsp3) is 0.956. The summed E-state index contributed by atoms with van der Waals surface area (Å²) in [6.45, 7) is 10.4. The zero-order valence-electron chi connectivity index (χ0n) is 36.6. The molecule has 4 aliphatic carbocycles. The number of hydrogen-bond acceptors (Lipinski definition) is 17. The van der Waals surface area contributed by atoms with Crippen LogP contribution in [-0.4, -0.2) is 176 Å². The summed E-state index contributed by atoms with van der Waals surface area (Å²) in [5, 5.41) is 95.7. The van der Waals surface area contributed by atoms with Crippen LogP contribution in [0, 0.1) is 46.3 Å². The van der Waals surface area contributed by atoms with Crippen molar-refractivity contribution in [1.29, 1.82) is 0 Å². The van der Waals surface area contributed by atoms with Gasteiger partial charge in [-0.1, -0.05) is 39.3 Å². The first-order chi connectivity index (χ1) is 29.4. The van der Waals surface area contributed by atoms with E-state index in [2.05, 4.69) is 33.8 Å².